The van der Waals surface area contributed by atoms with Crippen LogP contribution in [0.5, 0.6) is 0 Å². The van der Waals surface area contributed by atoms with Gasteiger partial charge in [0.2, 0.25) is 0 Å². The third-order valence-electron chi connectivity index (χ3n) is 3.45. The van der Waals surface area contributed by atoms with Crippen molar-refractivity contribution in [2.24, 2.45) is 0 Å². The standard InChI is InChI=1S/C13H15F5N2O.ClH/c14-9-5-8(6-10(15)11(9)16)12(13(17,18)7-21)20-3-1-19-2-4-20;/h5-6,12,19,21H,1-4,7H2;1H/t12-;/m1./s1. The van der Waals surface area contributed by atoms with E-state index in [0.717, 1.165) is 0 Å². The Morgan fingerprint density at radius 1 is 1.14 bits per heavy atom. The van der Waals surface area contributed by atoms with E-state index < -0.39 is 41.6 Å². The van der Waals surface area contributed by atoms with Crippen LogP contribution < -0.4 is 5.32 Å². The van der Waals surface area contributed by atoms with Crippen LogP contribution in [0.2, 0.25) is 0 Å². The van der Waals surface area contributed by atoms with Crippen molar-refractivity contribution in [1.82, 2.24) is 10.2 Å². The molecule has 0 unspecified atom stereocenters. The summed E-state index contributed by atoms with van der Waals surface area (Å²) in [5.74, 6) is -8.36. The number of aliphatic hydroxyl groups excluding tert-OH is 1. The fourth-order valence-electron chi connectivity index (χ4n) is 2.48. The number of nitrogens with one attached hydrogen (secondary N) is 1. The van der Waals surface area contributed by atoms with Gasteiger partial charge in [0.15, 0.2) is 17.5 Å². The Labute approximate surface area is 130 Å². The molecule has 0 bridgehead atoms. The Hall–Kier alpha value is -0.960. The number of halogens is 6. The van der Waals surface area contributed by atoms with Gasteiger partial charge in [-0.05, 0) is 17.7 Å². The fraction of sp³-hybridized carbons (Fsp3) is 0.538. The second kappa shape index (κ2) is 7.54. The third-order valence-corrected chi connectivity index (χ3v) is 3.45. The lowest BCUT2D eigenvalue weighted by Crippen LogP contribution is -2.51. The average Bonchev–Trinajstić information content (AvgIpc) is 2.46. The van der Waals surface area contributed by atoms with Gasteiger partial charge in [-0.15, -0.1) is 12.4 Å². The van der Waals surface area contributed by atoms with Gasteiger partial charge in [0.05, 0.1) is 0 Å². The summed E-state index contributed by atoms with van der Waals surface area (Å²) in [7, 11) is 0. The molecule has 1 aliphatic rings. The van der Waals surface area contributed by atoms with Crippen molar-refractivity contribution in [3.63, 3.8) is 0 Å². The molecule has 9 heteroatoms. The molecule has 0 saturated carbocycles. The van der Waals surface area contributed by atoms with Crippen LogP contribution >= 0.6 is 12.4 Å². The van der Waals surface area contributed by atoms with Crippen LogP contribution in [0.1, 0.15) is 11.6 Å². The Bertz CT molecular complexity index is 488. The van der Waals surface area contributed by atoms with E-state index in [9.17, 15) is 22.0 Å². The van der Waals surface area contributed by atoms with Crippen LogP contribution in [0.15, 0.2) is 12.1 Å². The molecule has 22 heavy (non-hydrogen) atoms. The van der Waals surface area contributed by atoms with Crippen molar-refractivity contribution in [3.8, 4) is 0 Å². The van der Waals surface area contributed by atoms with Gasteiger partial charge in [-0.1, -0.05) is 0 Å². The maximum Gasteiger partial charge on any atom is 0.289 e. The maximum atomic E-state index is 14.0. The van der Waals surface area contributed by atoms with Crippen molar-refractivity contribution in [3.05, 3.63) is 35.1 Å². The highest BCUT2D eigenvalue weighted by molar-refractivity contribution is 5.85. The second-order valence-corrected chi connectivity index (χ2v) is 4.91. The Kier molecular flexibility index (Phi) is 6.54. The Morgan fingerprint density at radius 3 is 2.09 bits per heavy atom. The molecule has 0 aromatic heterocycles. The molecule has 0 radical (unpaired) electrons. The van der Waals surface area contributed by atoms with Crippen LogP contribution in [0.3, 0.4) is 0 Å². The molecule has 0 aliphatic carbocycles. The van der Waals surface area contributed by atoms with Gasteiger partial charge < -0.3 is 10.4 Å². The van der Waals surface area contributed by atoms with Crippen molar-refractivity contribution in [2.45, 2.75) is 12.0 Å². The van der Waals surface area contributed by atoms with Crippen molar-refractivity contribution < 1.29 is 27.1 Å². The summed E-state index contributed by atoms with van der Waals surface area (Å²) in [5, 5.41) is 11.9. The molecular weight excluding hydrogens is 331 g/mol. The molecular formula is C13H16ClF5N2O. The molecule has 1 saturated heterocycles. The number of rotatable bonds is 4. The first-order chi connectivity index (χ1) is 9.86. The number of piperazine rings is 1. The largest absolute Gasteiger partial charge is 0.390 e. The summed E-state index contributed by atoms with van der Waals surface area (Å²) in [6.07, 6.45) is 0. The maximum absolute atomic E-state index is 14.0. The molecule has 3 nitrogen and oxygen atoms in total. The number of benzene rings is 1. The zero-order valence-corrected chi connectivity index (χ0v) is 12.3. The van der Waals surface area contributed by atoms with Gasteiger partial charge >= 0.3 is 0 Å². The first kappa shape index (κ1) is 19.1. The SMILES string of the molecule is Cl.OCC(F)(F)[C@@H](c1cc(F)c(F)c(F)c1)N1CCNCC1. The van der Waals surface area contributed by atoms with Gasteiger partial charge in [-0.2, -0.15) is 0 Å². The van der Waals surface area contributed by atoms with Crippen molar-refractivity contribution in [1.29, 1.82) is 0 Å². The number of hydrogen-bond donors (Lipinski definition) is 2. The van der Waals surface area contributed by atoms with Crippen LogP contribution in [0.4, 0.5) is 22.0 Å². The summed E-state index contributed by atoms with van der Waals surface area (Å²) < 4.78 is 67.6. The third kappa shape index (κ3) is 3.87. The highest BCUT2D eigenvalue weighted by atomic mass is 35.5. The predicted octanol–water partition coefficient (Wildman–Crippen LogP) is 2.10. The van der Waals surface area contributed by atoms with E-state index in [1.807, 2.05) is 0 Å². The van der Waals surface area contributed by atoms with E-state index in [1.165, 1.54) is 4.90 Å². The second-order valence-electron chi connectivity index (χ2n) is 4.91. The van der Waals surface area contributed by atoms with Gasteiger partial charge in [0, 0.05) is 26.2 Å². The molecule has 1 aromatic carbocycles. The van der Waals surface area contributed by atoms with E-state index >= 15 is 0 Å². The normalized spacial score (nSPS) is 17.9. The first-order valence-corrected chi connectivity index (χ1v) is 6.44. The van der Waals surface area contributed by atoms with Crippen LogP contribution in [0.25, 0.3) is 0 Å². The summed E-state index contributed by atoms with van der Waals surface area (Å²) in [5.41, 5.74) is -0.396. The Morgan fingerprint density at radius 2 is 1.64 bits per heavy atom. The molecule has 126 valence electrons. The molecule has 2 rings (SSSR count). The monoisotopic (exact) mass is 346 g/mol. The van der Waals surface area contributed by atoms with Crippen molar-refractivity contribution >= 4 is 12.4 Å². The summed E-state index contributed by atoms with van der Waals surface area (Å²) in [6, 6.07) is -0.613. The zero-order valence-electron chi connectivity index (χ0n) is 11.5. The molecule has 0 spiro atoms. The summed E-state index contributed by atoms with van der Waals surface area (Å²) in [6.45, 7) is -0.154. The van der Waals surface area contributed by atoms with E-state index in [-0.39, 0.29) is 25.5 Å². The minimum absolute atomic E-state index is 0. The molecule has 1 heterocycles. The van der Waals surface area contributed by atoms with E-state index in [2.05, 4.69) is 5.32 Å². The highest BCUT2D eigenvalue weighted by Gasteiger charge is 2.44. The van der Waals surface area contributed by atoms with Gasteiger partial charge in [-0.3, -0.25) is 4.90 Å². The highest BCUT2D eigenvalue weighted by Crippen LogP contribution is 2.37. The lowest BCUT2D eigenvalue weighted by molar-refractivity contribution is -0.118. The molecule has 1 aliphatic heterocycles. The first-order valence-electron chi connectivity index (χ1n) is 6.44. The van der Waals surface area contributed by atoms with Crippen LogP contribution in [-0.4, -0.2) is 48.7 Å². The van der Waals surface area contributed by atoms with E-state index in [0.29, 0.717) is 25.2 Å². The number of nitrogens with zero attached hydrogens (tertiary/aromatic N) is 1. The fourth-order valence-corrected chi connectivity index (χ4v) is 2.48. The average molecular weight is 347 g/mol. The summed E-state index contributed by atoms with van der Waals surface area (Å²) >= 11 is 0. The van der Waals surface area contributed by atoms with Crippen LogP contribution in [0, 0.1) is 17.5 Å². The number of alkyl halides is 2. The minimum Gasteiger partial charge on any atom is -0.390 e. The molecule has 1 fully saturated rings. The lowest BCUT2D eigenvalue weighted by atomic mass is 9.97. The van der Waals surface area contributed by atoms with Gasteiger partial charge in [0.1, 0.15) is 12.6 Å². The topological polar surface area (TPSA) is 35.5 Å². The van der Waals surface area contributed by atoms with Crippen LogP contribution in [-0.2, 0) is 0 Å². The zero-order chi connectivity index (χ0) is 15.6. The molecule has 1 atom stereocenters. The summed E-state index contributed by atoms with van der Waals surface area (Å²) in [4.78, 5) is 1.32. The van der Waals surface area contributed by atoms with E-state index in [4.69, 9.17) is 5.11 Å². The Balaban J connectivity index is 0.00000242. The molecule has 0 amide bonds. The number of aliphatic hydroxyl groups is 1. The smallest absolute Gasteiger partial charge is 0.289 e. The molecule has 2 N–H and O–H groups in total. The van der Waals surface area contributed by atoms with Gasteiger partial charge in [-0.25, -0.2) is 22.0 Å². The quantitative estimate of drug-likeness (QED) is 0.647. The number of hydrogen-bond acceptors (Lipinski definition) is 3. The lowest BCUT2D eigenvalue weighted by Gasteiger charge is -2.38. The van der Waals surface area contributed by atoms with Crippen molar-refractivity contribution in [2.75, 3.05) is 32.8 Å². The predicted molar refractivity (Wildman–Crippen MR) is 72.8 cm³/mol. The van der Waals surface area contributed by atoms with Gasteiger partial charge in [0.25, 0.3) is 5.92 Å². The molecule has 1 aromatic rings. The minimum atomic E-state index is -3.60. The van der Waals surface area contributed by atoms with E-state index in [1.54, 1.807) is 0 Å².